The molecule has 1 aliphatic rings. The SMILES string of the molecule is CN(CCC1CC1)C(=O)C(N)Cc1ccccc1. The molecule has 1 aromatic rings. The molecule has 1 fully saturated rings. The van der Waals surface area contributed by atoms with Gasteiger partial charge in [-0.1, -0.05) is 43.2 Å². The Hall–Kier alpha value is -1.35. The lowest BCUT2D eigenvalue weighted by Crippen LogP contribution is -2.43. The van der Waals surface area contributed by atoms with Crippen LogP contribution in [0.5, 0.6) is 0 Å². The summed E-state index contributed by atoms with van der Waals surface area (Å²) in [6.07, 6.45) is 4.41. The standard InChI is InChI=1S/C15H22N2O/c1-17(10-9-12-7-8-12)15(18)14(16)11-13-5-3-2-4-6-13/h2-6,12,14H,7-11,16H2,1H3. The van der Waals surface area contributed by atoms with Gasteiger partial charge in [-0.3, -0.25) is 4.79 Å². The molecule has 0 aliphatic heterocycles. The number of hydrogen-bond acceptors (Lipinski definition) is 2. The van der Waals surface area contributed by atoms with Crippen LogP contribution in [0.3, 0.4) is 0 Å². The van der Waals surface area contributed by atoms with Crippen LogP contribution in [0.4, 0.5) is 0 Å². The van der Waals surface area contributed by atoms with Gasteiger partial charge in [0.15, 0.2) is 0 Å². The normalized spacial score (nSPS) is 16.3. The molecule has 3 heteroatoms. The second-order valence-corrected chi connectivity index (χ2v) is 5.29. The highest BCUT2D eigenvalue weighted by atomic mass is 16.2. The van der Waals surface area contributed by atoms with Crippen molar-refractivity contribution in [2.45, 2.75) is 31.7 Å². The summed E-state index contributed by atoms with van der Waals surface area (Å²) < 4.78 is 0. The van der Waals surface area contributed by atoms with Gasteiger partial charge >= 0.3 is 0 Å². The Labute approximate surface area is 109 Å². The third-order valence-corrected chi connectivity index (χ3v) is 3.56. The van der Waals surface area contributed by atoms with Gasteiger partial charge in [0, 0.05) is 13.6 Å². The maximum Gasteiger partial charge on any atom is 0.239 e. The fraction of sp³-hybridized carbons (Fsp3) is 0.533. The highest BCUT2D eigenvalue weighted by Gasteiger charge is 2.24. The summed E-state index contributed by atoms with van der Waals surface area (Å²) in [4.78, 5) is 13.9. The average molecular weight is 246 g/mol. The molecule has 1 aromatic carbocycles. The predicted octanol–water partition coefficient (Wildman–Crippen LogP) is 1.81. The van der Waals surface area contributed by atoms with Crippen molar-refractivity contribution in [1.29, 1.82) is 0 Å². The highest BCUT2D eigenvalue weighted by molar-refractivity contribution is 5.81. The summed E-state index contributed by atoms with van der Waals surface area (Å²) in [7, 11) is 1.86. The van der Waals surface area contributed by atoms with Crippen LogP contribution in [0, 0.1) is 5.92 Å². The second-order valence-electron chi connectivity index (χ2n) is 5.29. The van der Waals surface area contributed by atoms with Gasteiger partial charge in [0.05, 0.1) is 6.04 Å². The first-order chi connectivity index (χ1) is 8.66. The highest BCUT2D eigenvalue weighted by Crippen LogP contribution is 2.32. The first-order valence-electron chi connectivity index (χ1n) is 6.71. The zero-order valence-electron chi connectivity index (χ0n) is 11.0. The molecule has 2 N–H and O–H groups in total. The number of rotatable bonds is 6. The molecule has 98 valence electrons. The van der Waals surface area contributed by atoms with E-state index in [1.807, 2.05) is 37.4 Å². The topological polar surface area (TPSA) is 46.3 Å². The summed E-state index contributed by atoms with van der Waals surface area (Å²) in [5.41, 5.74) is 7.10. The van der Waals surface area contributed by atoms with Gasteiger partial charge in [-0.2, -0.15) is 0 Å². The Bertz CT molecular complexity index is 387. The number of benzene rings is 1. The Morgan fingerprint density at radius 3 is 2.67 bits per heavy atom. The summed E-state index contributed by atoms with van der Waals surface area (Å²) in [5.74, 6) is 0.908. The van der Waals surface area contributed by atoms with Crippen molar-refractivity contribution in [3.8, 4) is 0 Å². The van der Waals surface area contributed by atoms with E-state index in [9.17, 15) is 4.79 Å². The molecule has 0 bridgehead atoms. The number of amides is 1. The van der Waals surface area contributed by atoms with Crippen LogP contribution < -0.4 is 5.73 Å². The van der Waals surface area contributed by atoms with Crippen LogP contribution in [0.25, 0.3) is 0 Å². The summed E-state index contributed by atoms with van der Waals surface area (Å²) in [6.45, 7) is 0.839. The van der Waals surface area contributed by atoms with Crippen LogP contribution in [0.1, 0.15) is 24.8 Å². The summed E-state index contributed by atoms with van der Waals surface area (Å²) in [5, 5.41) is 0. The minimum absolute atomic E-state index is 0.0551. The molecular weight excluding hydrogens is 224 g/mol. The van der Waals surface area contributed by atoms with E-state index in [1.165, 1.54) is 12.8 Å². The molecule has 0 heterocycles. The zero-order valence-corrected chi connectivity index (χ0v) is 11.0. The zero-order chi connectivity index (χ0) is 13.0. The number of likely N-dealkylation sites (N-methyl/N-ethyl adjacent to an activating group) is 1. The van der Waals surface area contributed by atoms with Crippen molar-refractivity contribution >= 4 is 5.91 Å². The summed E-state index contributed by atoms with van der Waals surface area (Å²) >= 11 is 0. The number of nitrogens with two attached hydrogens (primary N) is 1. The lowest BCUT2D eigenvalue weighted by molar-refractivity contribution is -0.131. The van der Waals surface area contributed by atoms with Crippen molar-refractivity contribution < 1.29 is 4.79 Å². The van der Waals surface area contributed by atoms with Gasteiger partial charge in [-0.05, 0) is 24.3 Å². The van der Waals surface area contributed by atoms with Crippen LogP contribution in [-0.2, 0) is 11.2 Å². The third-order valence-electron chi connectivity index (χ3n) is 3.56. The maximum atomic E-state index is 12.1. The third kappa shape index (κ3) is 3.84. The lowest BCUT2D eigenvalue weighted by atomic mass is 10.1. The largest absolute Gasteiger partial charge is 0.344 e. The fourth-order valence-electron chi connectivity index (χ4n) is 2.13. The molecule has 2 rings (SSSR count). The number of carbonyl (C=O) groups is 1. The Morgan fingerprint density at radius 2 is 2.06 bits per heavy atom. The maximum absolute atomic E-state index is 12.1. The van der Waals surface area contributed by atoms with Gasteiger partial charge in [-0.25, -0.2) is 0 Å². The van der Waals surface area contributed by atoms with Crippen molar-refractivity contribution in [2.24, 2.45) is 11.7 Å². The summed E-state index contributed by atoms with van der Waals surface area (Å²) in [6, 6.07) is 9.52. The molecule has 1 unspecified atom stereocenters. The van der Waals surface area contributed by atoms with Gasteiger partial charge in [0.1, 0.15) is 0 Å². The van der Waals surface area contributed by atoms with E-state index in [2.05, 4.69) is 0 Å². The van der Waals surface area contributed by atoms with Crippen LogP contribution in [0.2, 0.25) is 0 Å². The molecule has 1 atom stereocenters. The second kappa shape index (κ2) is 6.01. The van der Waals surface area contributed by atoms with Gasteiger partial charge in [-0.15, -0.1) is 0 Å². The van der Waals surface area contributed by atoms with E-state index < -0.39 is 6.04 Å². The molecule has 1 aliphatic carbocycles. The van der Waals surface area contributed by atoms with Gasteiger partial charge in [0.2, 0.25) is 5.91 Å². The van der Waals surface area contributed by atoms with E-state index in [1.54, 1.807) is 4.90 Å². The average Bonchev–Trinajstić information content (AvgIpc) is 3.20. The molecule has 1 amide bonds. The number of nitrogens with zero attached hydrogens (tertiary/aromatic N) is 1. The molecule has 0 radical (unpaired) electrons. The molecule has 0 saturated heterocycles. The van der Waals surface area contributed by atoms with E-state index in [-0.39, 0.29) is 5.91 Å². The van der Waals surface area contributed by atoms with Gasteiger partial charge < -0.3 is 10.6 Å². The van der Waals surface area contributed by atoms with E-state index >= 15 is 0 Å². The van der Waals surface area contributed by atoms with Gasteiger partial charge in [0.25, 0.3) is 0 Å². The molecule has 0 spiro atoms. The fourth-order valence-corrected chi connectivity index (χ4v) is 2.13. The first kappa shape index (κ1) is 13.1. The molecule has 0 aromatic heterocycles. The quantitative estimate of drug-likeness (QED) is 0.832. The molecule has 18 heavy (non-hydrogen) atoms. The monoisotopic (exact) mass is 246 g/mol. The van der Waals surface area contributed by atoms with E-state index in [4.69, 9.17) is 5.73 Å². The first-order valence-corrected chi connectivity index (χ1v) is 6.71. The van der Waals surface area contributed by atoms with E-state index in [0.29, 0.717) is 6.42 Å². The Morgan fingerprint density at radius 1 is 1.39 bits per heavy atom. The Kier molecular flexibility index (Phi) is 4.37. The van der Waals surface area contributed by atoms with Crippen molar-refractivity contribution in [2.75, 3.05) is 13.6 Å². The van der Waals surface area contributed by atoms with Crippen LogP contribution in [-0.4, -0.2) is 30.4 Å². The number of carbonyl (C=O) groups excluding carboxylic acids is 1. The smallest absolute Gasteiger partial charge is 0.239 e. The molecule has 3 nitrogen and oxygen atoms in total. The predicted molar refractivity (Wildman–Crippen MR) is 73.1 cm³/mol. The Balaban J connectivity index is 1.79. The minimum Gasteiger partial charge on any atom is -0.344 e. The molecular formula is C15H22N2O. The minimum atomic E-state index is -0.420. The number of hydrogen-bond donors (Lipinski definition) is 1. The lowest BCUT2D eigenvalue weighted by Gasteiger charge is -2.21. The van der Waals surface area contributed by atoms with E-state index in [0.717, 1.165) is 24.4 Å². The van der Waals surface area contributed by atoms with Crippen molar-refractivity contribution in [1.82, 2.24) is 4.90 Å². The van der Waals surface area contributed by atoms with Crippen LogP contribution in [0.15, 0.2) is 30.3 Å². The van der Waals surface area contributed by atoms with Crippen LogP contribution >= 0.6 is 0 Å². The van der Waals surface area contributed by atoms with Crippen molar-refractivity contribution in [3.63, 3.8) is 0 Å². The van der Waals surface area contributed by atoms with Crippen molar-refractivity contribution in [3.05, 3.63) is 35.9 Å². The molecule has 1 saturated carbocycles.